The van der Waals surface area contributed by atoms with E-state index in [4.69, 9.17) is 15.2 Å². The zero-order valence-corrected chi connectivity index (χ0v) is 24.3. The molecule has 0 aliphatic carbocycles. The highest BCUT2D eigenvalue weighted by Gasteiger charge is 2.32. The molecule has 41 heavy (non-hydrogen) atoms. The molecule has 0 amide bonds. The summed E-state index contributed by atoms with van der Waals surface area (Å²) in [6, 6.07) is 38.3. The number of piperidine rings is 1. The van der Waals surface area contributed by atoms with Gasteiger partial charge in [-0.05, 0) is 72.2 Å². The lowest BCUT2D eigenvalue weighted by molar-refractivity contribution is -0.933. The SMILES string of the molecule is N[C@H]1CCC[N+](CCCc2ccc(OCc3ccccc3)cc2)(CCCc2ccc(OCc3ccccc3)cc2)C1. The third-order valence-corrected chi connectivity index (χ3v) is 8.37. The van der Waals surface area contributed by atoms with Crippen molar-refractivity contribution in [2.75, 3.05) is 26.2 Å². The van der Waals surface area contributed by atoms with Crippen molar-refractivity contribution in [1.29, 1.82) is 0 Å². The van der Waals surface area contributed by atoms with Crippen molar-refractivity contribution in [2.24, 2.45) is 5.73 Å². The molecule has 0 radical (unpaired) electrons. The number of nitrogens with zero attached hydrogens (tertiary/aromatic N) is 1. The van der Waals surface area contributed by atoms with Crippen molar-refractivity contribution in [3.63, 3.8) is 0 Å². The molecular formula is C37H45N2O2+. The number of ether oxygens (including phenoxy) is 2. The van der Waals surface area contributed by atoms with Crippen molar-refractivity contribution < 1.29 is 14.0 Å². The monoisotopic (exact) mass is 549 g/mol. The topological polar surface area (TPSA) is 44.5 Å². The molecule has 4 heteroatoms. The zero-order valence-electron chi connectivity index (χ0n) is 24.3. The molecule has 1 aliphatic rings. The molecule has 0 saturated carbocycles. The van der Waals surface area contributed by atoms with E-state index in [0.717, 1.165) is 41.8 Å². The van der Waals surface area contributed by atoms with E-state index >= 15 is 0 Å². The van der Waals surface area contributed by atoms with Gasteiger partial charge in [0.25, 0.3) is 0 Å². The van der Waals surface area contributed by atoms with Gasteiger partial charge < -0.3 is 19.7 Å². The number of nitrogens with two attached hydrogens (primary N) is 1. The predicted octanol–water partition coefficient (Wildman–Crippen LogP) is 7.35. The molecule has 214 valence electrons. The lowest BCUT2D eigenvalue weighted by atomic mass is 10.00. The molecule has 0 spiro atoms. The van der Waals surface area contributed by atoms with E-state index in [9.17, 15) is 0 Å². The molecule has 0 unspecified atom stereocenters. The summed E-state index contributed by atoms with van der Waals surface area (Å²) in [5, 5.41) is 0. The highest BCUT2D eigenvalue weighted by Crippen LogP contribution is 2.23. The van der Waals surface area contributed by atoms with Gasteiger partial charge in [0.05, 0.1) is 32.2 Å². The molecule has 4 aromatic rings. The Kier molecular flexibility index (Phi) is 10.5. The van der Waals surface area contributed by atoms with Gasteiger partial charge in [-0.1, -0.05) is 84.9 Å². The van der Waals surface area contributed by atoms with Crippen molar-refractivity contribution in [3.8, 4) is 11.5 Å². The van der Waals surface area contributed by atoms with E-state index < -0.39 is 0 Å². The minimum atomic E-state index is 0.325. The van der Waals surface area contributed by atoms with Crippen LogP contribution in [0.25, 0.3) is 0 Å². The fourth-order valence-corrected chi connectivity index (χ4v) is 6.11. The first-order valence-corrected chi connectivity index (χ1v) is 15.3. The maximum absolute atomic E-state index is 6.51. The first-order valence-electron chi connectivity index (χ1n) is 15.3. The molecule has 4 nitrogen and oxygen atoms in total. The Morgan fingerprint density at radius 3 is 1.49 bits per heavy atom. The Hall–Kier alpha value is -3.60. The van der Waals surface area contributed by atoms with Crippen LogP contribution in [-0.4, -0.2) is 36.7 Å². The van der Waals surface area contributed by atoms with Gasteiger partial charge in [0.15, 0.2) is 0 Å². The van der Waals surface area contributed by atoms with Crippen LogP contribution in [0.1, 0.15) is 47.9 Å². The standard InChI is InChI=1S/C37H45N2O2/c38-35-16-9-27-39(28-35,25-7-14-31-17-21-36(22-18-31)40-29-33-10-3-1-4-11-33)26-8-15-32-19-23-37(24-20-32)41-30-34-12-5-2-6-13-34/h1-6,10-13,17-24,35H,7-9,14-16,25-30,38H2/q+1/t35-/m0/s1. The van der Waals surface area contributed by atoms with Crippen molar-refractivity contribution >= 4 is 0 Å². The molecule has 1 aliphatic heterocycles. The summed E-state index contributed by atoms with van der Waals surface area (Å²) in [7, 11) is 0. The van der Waals surface area contributed by atoms with Gasteiger partial charge in [-0.25, -0.2) is 0 Å². The average Bonchev–Trinajstić information content (AvgIpc) is 3.01. The largest absolute Gasteiger partial charge is 0.489 e. The number of hydrogen-bond acceptors (Lipinski definition) is 3. The molecule has 1 heterocycles. The molecule has 2 N–H and O–H groups in total. The summed E-state index contributed by atoms with van der Waals surface area (Å²) in [4.78, 5) is 0. The fourth-order valence-electron chi connectivity index (χ4n) is 6.11. The first kappa shape index (κ1) is 28.9. The molecule has 4 aromatic carbocycles. The lowest BCUT2D eigenvalue weighted by Crippen LogP contribution is -2.58. The van der Waals surface area contributed by atoms with Crippen molar-refractivity contribution in [2.45, 2.75) is 57.8 Å². The molecular weight excluding hydrogens is 504 g/mol. The quantitative estimate of drug-likeness (QED) is 0.167. The number of aryl methyl sites for hydroxylation is 2. The van der Waals surface area contributed by atoms with Crippen LogP contribution in [0.3, 0.4) is 0 Å². The van der Waals surface area contributed by atoms with E-state index in [0.29, 0.717) is 19.3 Å². The van der Waals surface area contributed by atoms with Gasteiger partial charge in [-0.15, -0.1) is 0 Å². The van der Waals surface area contributed by atoms with Gasteiger partial charge in [0, 0.05) is 12.8 Å². The van der Waals surface area contributed by atoms with E-state index in [1.165, 1.54) is 61.2 Å². The summed E-state index contributed by atoms with van der Waals surface area (Å²) in [6.45, 7) is 5.97. The highest BCUT2D eigenvalue weighted by atomic mass is 16.5. The first-order chi connectivity index (χ1) is 20.2. The second kappa shape index (κ2) is 14.9. The van der Waals surface area contributed by atoms with Gasteiger partial charge in [-0.2, -0.15) is 0 Å². The van der Waals surface area contributed by atoms with Crippen molar-refractivity contribution in [3.05, 3.63) is 131 Å². The van der Waals surface area contributed by atoms with E-state index in [1.54, 1.807) is 0 Å². The average molecular weight is 550 g/mol. The van der Waals surface area contributed by atoms with Crippen LogP contribution in [0.4, 0.5) is 0 Å². The van der Waals surface area contributed by atoms with Crippen LogP contribution in [-0.2, 0) is 26.1 Å². The normalized spacial score (nSPS) is 16.3. The number of benzene rings is 4. The van der Waals surface area contributed by atoms with Crippen LogP contribution >= 0.6 is 0 Å². The molecule has 1 saturated heterocycles. The van der Waals surface area contributed by atoms with Crippen LogP contribution in [0, 0.1) is 0 Å². The summed E-state index contributed by atoms with van der Waals surface area (Å²) >= 11 is 0. The van der Waals surface area contributed by atoms with Gasteiger partial charge in [0.2, 0.25) is 0 Å². The van der Waals surface area contributed by atoms with Crippen molar-refractivity contribution in [1.82, 2.24) is 0 Å². The minimum absolute atomic E-state index is 0.325. The van der Waals surface area contributed by atoms with E-state index in [-0.39, 0.29) is 0 Å². The lowest BCUT2D eigenvalue weighted by Gasteiger charge is -2.44. The zero-order chi connectivity index (χ0) is 28.2. The minimum Gasteiger partial charge on any atom is -0.489 e. The van der Waals surface area contributed by atoms with Crippen LogP contribution in [0.2, 0.25) is 0 Å². The smallest absolute Gasteiger partial charge is 0.119 e. The van der Waals surface area contributed by atoms with Gasteiger partial charge in [0.1, 0.15) is 24.7 Å². The van der Waals surface area contributed by atoms with Crippen LogP contribution in [0.15, 0.2) is 109 Å². The molecule has 1 atom stereocenters. The van der Waals surface area contributed by atoms with Gasteiger partial charge in [-0.3, -0.25) is 0 Å². The third kappa shape index (κ3) is 9.21. The van der Waals surface area contributed by atoms with Gasteiger partial charge >= 0.3 is 0 Å². The molecule has 0 bridgehead atoms. The Labute approximate surface area is 246 Å². The summed E-state index contributed by atoms with van der Waals surface area (Å²) in [5.74, 6) is 1.86. The molecule has 5 rings (SSSR count). The highest BCUT2D eigenvalue weighted by molar-refractivity contribution is 5.29. The number of rotatable bonds is 14. The fraction of sp³-hybridized carbons (Fsp3) is 0.351. The summed E-state index contributed by atoms with van der Waals surface area (Å²) in [6.07, 6.45) is 6.96. The van der Waals surface area contributed by atoms with E-state index in [2.05, 4.69) is 72.8 Å². The Morgan fingerprint density at radius 1 is 0.585 bits per heavy atom. The second-order valence-corrected chi connectivity index (χ2v) is 11.6. The maximum atomic E-state index is 6.51. The van der Waals surface area contributed by atoms with Crippen LogP contribution in [0.5, 0.6) is 11.5 Å². The number of likely N-dealkylation sites (tertiary alicyclic amines) is 1. The third-order valence-electron chi connectivity index (χ3n) is 8.37. The van der Waals surface area contributed by atoms with E-state index in [1.807, 2.05) is 36.4 Å². The second-order valence-electron chi connectivity index (χ2n) is 11.6. The predicted molar refractivity (Wildman–Crippen MR) is 168 cm³/mol. The number of quaternary nitrogens is 1. The maximum Gasteiger partial charge on any atom is 0.119 e. The Balaban J connectivity index is 1.07. The summed E-state index contributed by atoms with van der Waals surface area (Å²) < 4.78 is 13.1. The van der Waals surface area contributed by atoms with Crippen LogP contribution < -0.4 is 15.2 Å². The summed E-state index contributed by atoms with van der Waals surface area (Å²) in [5.41, 5.74) is 11.6. The molecule has 0 aromatic heterocycles. The molecule has 1 fully saturated rings. The Bertz CT molecular complexity index is 1200. The Morgan fingerprint density at radius 2 is 1.05 bits per heavy atom. The number of hydrogen-bond donors (Lipinski definition) is 1.